The zero-order valence-electron chi connectivity index (χ0n) is 24.6. The topological polar surface area (TPSA) is 95.0 Å². The highest BCUT2D eigenvalue weighted by Gasteiger charge is 2.62. The van der Waals surface area contributed by atoms with Gasteiger partial charge in [0.15, 0.2) is 0 Å². The number of fused-ring (bicyclic) bond motifs is 4. The van der Waals surface area contributed by atoms with Gasteiger partial charge >= 0.3 is 0 Å². The van der Waals surface area contributed by atoms with E-state index in [9.17, 15) is 24.3 Å². The zero-order chi connectivity index (χ0) is 30.9. The van der Waals surface area contributed by atoms with E-state index in [-0.39, 0.29) is 34.4 Å². The summed E-state index contributed by atoms with van der Waals surface area (Å²) in [6.45, 7) is 4.09. The lowest BCUT2D eigenvalue weighted by atomic mass is 9.57. The number of nitrogens with zero attached hydrogens (tertiary/aromatic N) is 2. The lowest BCUT2D eigenvalue weighted by Crippen LogP contribution is -2.43. The standard InChI is InChI=1S/C36H33ClN2O5/c1-3-19-5-9-21(10-6-19)38-33(41)26-16-15-24-27(31(26)35(38)43)18-28-32(30(24)25-14-13-23(40)17-29(25)37)36(44)39(34(28)42)22-11-7-20(4-2)8-12-22/h5-15,17,26-28,30-32,40H,3-4,16,18H2,1-2H3. The van der Waals surface area contributed by atoms with Crippen molar-refractivity contribution in [3.05, 3.63) is 100 Å². The molecule has 2 aliphatic heterocycles. The van der Waals surface area contributed by atoms with Gasteiger partial charge in [0.25, 0.3) is 0 Å². The normalized spacial score (nSPS) is 27.8. The first-order valence-electron chi connectivity index (χ1n) is 15.3. The molecule has 4 aliphatic rings. The molecule has 7 rings (SSSR count). The van der Waals surface area contributed by atoms with Gasteiger partial charge in [-0.1, -0.05) is 67.4 Å². The van der Waals surface area contributed by atoms with Crippen molar-refractivity contribution in [1.29, 1.82) is 0 Å². The second kappa shape index (κ2) is 10.7. The molecule has 3 aromatic rings. The molecular weight excluding hydrogens is 576 g/mol. The highest BCUT2D eigenvalue weighted by Crippen LogP contribution is 2.59. The average Bonchev–Trinajstić information content (AvgIpc) is 3.44. The number of phenols is 1. The van der Waals surface area contributed by atoms with Crippen LogP contribution in [0.5, 0.6) is 5.75 Å². The molecule has 4 amide bonds. The summed E-state index contributed by atoms with van der Waals surface area (Å²) in [6, 6.07) is 19.6. The Bertz CT molecular complexity index is 1730. The average molecular weight is 609 g/mol. The first-order valence-corrected chi connectivity index (χ1v) is 15.7. The predicted octanol–water partition coefficient (Wildman–Crippen LogP) is 6.22. The summed E-state index contributed by atoms with van der Waals surface area (Å²) in [4.78, 5) is 58.9. The van der Waals surface area contributed by atoms with Crippen molar-refractivity contribution in [3.63, 3.8) is 0 Å². The first kappa shape index (κ1) is 28.5. The molecular formula is C36H33ClN2O5. The van der Waals surface area contributed by atoms with Gasteiger partial charge in [0, 0.05) is 10.9 Å². The van der Waals surface area contributed by atoms with Crippen LogP contribution in [0.25, 0.3) is 0 Å². The summed E-state index contributed by atoms with van der Waals surface area (Å²) in [7, 11) is 0. The third-order valence-corrected chi connectivity index (χ3v) is 10.5. The number of phenolic OH excluding ortho intramolecular Hbond substituents is 1. The van der Waals surface area contributed by atoms with E-state index >= 15 is 0 Å². The van der Waals surface area contributed by atoms with E-state index in [0.717, 1.165) is 29.5 Å². The van der Waals surface area contributed by atoms with Gasteiger partial charge in [0.2, 0.25) is 23.6 Å². The number of carbonyl (C=O) groups is 4. The number of halogens is 1. The summed E-state index contributed by atoms with van der Waals surface area (Å²) < 4.78 is 0. The first-order chi connectivity index (χ1) is 21.2. The van der Waals surface area contributed by atoms with Crippen molar-refractivity contribution >= 4 is 46.6 Å². The van der Waals surface area contributed by atoms with Crippen LogP contribution in [-0.2, 0) is 32.0 Å². The highest BCUT2D eigenvalue weighted by atomic mass is 35.5. The van der Waals surface area contributed by atoms with Gasteiger partial charge in [0.05, 0.1) is 35.0 Å². The van der Waals surface area contributed by atoms with E-state index in [1.54, 1.807) is 18.2 Å². The number of imide groups is 2. The van der Waals surface area contributed by atoms with Crippen molar-refractivity contribution in [3.8, 4) is 5.75 Å². The number of hydrogen-bond acceptors (Lipinski definition) is 5. The monoisotopic (exact) mass is 608 g/mol. The van der Waals surface area contributed by atoms with Crippen LogP contribution in [0.15, 0.2) is 78.4 Å². The Kier molecular flexibility index (Phi) is 6.96. The molecule has 3 aromatic carbocycles. The fraction of sp³-hybridized carbons (Fsp3) is 0.333. The van der Waals surface area contributed by atoms with Crippen molar-refractivity contribution in [2.45, 2.75) is 45.4 Å². The summed E-state index contributed by atoms with van der Waals surface area (Å²) in [5.41, 5.74) is 4.77. The Morgan fingerprint density at radius 3 is 1.80 bits per heavy atom. The quantitative estimate of drug-likeness (QED) is 0.274. The molecule has 0 aromatic heterocycles. The number of amides is 4. The number of benzene rings is 3. The van der Waals surface area contributed by atoms with Gasteiger partial charge in [-0.2, -0.15) is 0 Å². The van der Waals surface area contributed by atoms with Crippen LogP contribution in [0.2, 0.25) is 5.02 Å². The maximum absolute atomic E-state index is 14.2. The van der Waals surface area contributed by atoms with E-state index in [0.29, 0.717) is 29.8 Å². The number of hydrogen-bond donors (Lipinski definition) is 1. The molecule has 224 valence electrons. The molecule has 0 spiro atoms. The van der Waals surface area contributed by atoms with E-state index in [1.165, 1.54) is 21.9 Å². The number of anilines is 2. The van der Waals surface area contributed by atoms with Gasteiger partial charge < -0.3 is 5.11 Å². The Morgan fingerprint density at radius 2 is 1.25 bits per heavy atom. The zero-order valence-corrected chi connectivity index (χ0v) is 25.3. The second-order valence-corrected chi connectivity index (χ2v) is 12.7. The SMILES string of the molecule is CCc1ccc(N2C(=O)C3CC=C4C(CC5C(=O)N(c6ccc(CC)cc6)C(=O)C5C4c4ccc(O)cc4Cl)C3C2=O)cc1. The van der Waals surface area contributed by atoms with Crippen molar-refractivity contribution in [2.75, 3.05) is 9.80 Å². The molecule has 2 saturated heterocycles. The van der Waals surface area contributed by atoms with E-state index < -0.39 is 35.5 Å². The van der Waals surface area contributed by atoms with Crippen LogP contribution in [0.3, 0.4) is 0 Å². The Labute approximate surface area is 261 Å². The molecule has 7 nitrogen and oxygen atoms in total. The van der Waals surface area contributed by atoms with Crippen LogP contribution in [0.4, 0.5) is 11.4 Å². The Balaban J connectivity index is 1.32. The maximum Gasteiger partial charge on any atom is 0.238 e. The van der Waals surface area contributed by atoms with Crippen molar-refractivity contribution in [2.24, 2.45) is 29.6 Å². The van der Waals surface area contributed by atoms with Crippen molar-refractivity contribution < 1.29 is 24.3 Å². The molecule has 8 heteroatoms. The molecule has 2 heterocycles. The number of carbonyl (C=O) groups excluding carboxylic acids is 4. The minimum atomic E-state index is -0.723. The fourth-order valence-corrected chi connectivity index (χ4v) is 8.27. The third kappa shape index (κ3) is 4.24. The number of aryl methyl sites for hydroxylation is 2. The van der Waals surface area contributed by atoms with E-state index in [1.807, 2.05) is 56.3 Å². The third-order valence-electron chi connectivity index (χ3n) is 10.2. The van der Waals surface area contributed by atoms with Crippen LogP contribution in [0.1, 0.15) is 49.3 Å². The molecule has 6 unspecified atom stereocenters. The predicted molar refractivity (Wildman–Crippen MR) is 167 cm³/mol. The van der Waals surface area contributed by atoms with E-state index in [2.05, 4.69) is 0 Å². The summed E-state index contributed by atoms with van der Waals surface area (Å²) >= 11 is 6.72. The van der Waals surface area contributed by atoms with Crippen molar-refractivity contribution in [1.82, 2.24) is 0 Å². The lowest BCUT2D eigenvalue weighted by Gasteiger charge is -2.44. The minimum absolute atomic E-state index is 0.00638. The van der Waals surface area contributed by atoms with E-state index in [4.69, 9.17) is 11.6 Å². The summed E-state index contributed by atoms with van der Waals surface area (Å²) in [5.74, 6) is -4.69. The minimum Gasteiger partial charge on any atom is -0.508 e. The fourth-order valence-electron chi connectivity index (χ4n) is 7.98. The van der Waals surface area contributed by atoms with Crippen LogP contribution in [-0.4, -0.2) is 28.7 Å². The lowest BCUT2D eigenvalue weighted by molar-refractivity contribution is -0.126. The van der Waals surface area contributed by atoms with Gasteiger partial charge in [-0.05, 0) is 84.7 Å². The second-order valence-electron chi connectivity index (χ2n) is 12.3. The molecule has 6 atom stereocenters. The number of aromatic hydroxyl groups is 1. The van der Waals surface area contributed by atoms with Gasteiger partial charge in [0.1, 0.15) is 5.75 Å². The smallest absolute Gasteiger partial charge is 0.238 e. The maximum atomic E-state index is 14.2. The number of allylic oxidation sites excluding steroid dienone is 2. The molecule has 1 saturated carbocycles. The van der Waals surface area contributed by atoms with Gasteiger partial charge in [-0.15, -0.1) is 0 Å². The molecule has 2 aliphatic carbocycles. The summed E-state index contributed by atoms with van der Waals surface area (Å²) in [5, 5.41) is 10.4. The Hall–Kier alpha value is -4.23. The molecule has 3 fully saturated rings. The molecule has 0 radical (unpaired) electrons. The van der Waals surface area contributed by atoms with Crippen LogP contribution in [0, 0.1) is 29.6 Å². The summed E-state index contributed by atoms with van der Waals surface area (Å²) in [6.07, 6.45) is 4.33. The van der Waals surface area contributed by atoms with Crippen LogP contribution < -0.4 is 9.80 Å². The van der Waals surface area contributed by atoms with Crippen LogP contribution >= 0.6 is 11.6 Å². The Morgan fingerprint density at radius 1 is 0.705 bits per heavy atom. The molecule has 44 heavy (non-hydrogen) atoms. The molecule has 0 bridgehead atoms. The van der Waals surface area contributed by atoms with Gasteiger partial charge in [-0.25, -0.2) is 0 Å². The highest BCUT2D eigenvalue weighted by molar-refractivity contribution is 6.32. The molecule has 1 N–H and O–H groups in total. The van der Waals surface area contributed by atoms with Gasteiger partial charge in [-0.3, -0.25) is 29.0 Å². The largest absolute Gasteiger partial charge is 0.508 e. The number of rotatable bonds is 5.